The molecule has 3 N–H and O–H groups in total. The molecular formula is C14H24Cl2N4O2. The van der Waals surface area contributed by atoms with Gasteiger partial charge in [0.25, 0.3) is 5.91 Å². The van der Waals surface area contributed by atoms with Crippen LogP contribution in [0.2, 0.25) is 5.15 Å². The number of piperidine rings is 1. The van der Waals surface area contributed by atoms with Crippen molar-refractivity contribution in [2.24, 2.45) is 0 Å². The van der Waals surface area contributed by atoms with Gasteiger partial charge < -0.3 is 20.4 Å². The average molecular weight is 351 g/mol. The first kappa shape index (κ1) is 19.2. The second-order valence-corrected chi connectivity index (χ2v) is 5.86. The van der Waals surface area contributed by atoms with Crippen LogP contribution in [0, 0.1) is 0 Å². The van der Waals surface area contributed by atoms with Crippen molar-refractivity contribution >= 4 is 29.9 Å². The summed E-state index contributed by atoms with van der Waals surface area (Å²) in [7, 11) is 0. The molecule has 0 unspecified atom stereocenters. The fourth-order valence-corrected chi connectivity index (χ4v) is 2.72. The largest absolute Gasteiger partial charge is 0.372 e. The predicted octanol–water partition coefficient (Wildman–Crippen LogP) is 1.93. The van der Waals surface area contributed by atoms with E-state index in [9.17, 15) is 4.79 Å². The number of H-pyrrole nitrogens is 1. The zero-order chi connectivity index (χ0) is 15.4. The topological polar surface area (TPSA) is 79.0 Å². The predicted molar refractivity (Wildman–Crippen MR) is 89.0 cm³/mol. The molecule has 22 heavy (non-hydrogen) atoms. The van der Waals surface area contributed by atoms with Crippen molar-refractivity contribution in [1.29, 1.82) is 0 Å². The van der Waals surface area contributed by atoms with Crippen LogP contribution in [0.25, 0.3) is 0 Å². The Morgan fingerprint density at radius 1 is 1.55 bits per heavy atom. The van der Waals surface area contributed by atoms with Crippen molar-refractivity contribution in [3.8, 4) is 0 Å². The van der Waals surface area contributed by atoms with Crippen LogP contribution in [0.4, 0.5) is 0 Å². The molecule has 0 spiro atoms. The Kier molecular flexibility index (Phi) is 7.62. The third kappa shape index (κ3) is 4.84. The molecule has 0 aliphatic carbocycles. The van der Waals surface area contributed by atoms with Crippen LogP contribution in [0.3, 0.4) is 0 Å². The summed E-state index contributed by atoms with van der Waals surface area (Å²) >= 11 is 5.97. The molecule has 1 aromatic rings. The van der Waals surface area contributed by atoms with E-state index in [2.05, 4.69) is 20.6 Å². The zero-order valence-corrected chi connectivity index (χ0v) is 14.7. The first-order valence-electron chi connectivity index (χ1n) is 7.42. The van der Waals surface area contributed by atoms with Crippen molar-refractivity contribution in [2.45, 2.75) is 51.9 Å². The van der Waals surface area contributed by atoms with Crippen LogP contribution in [0.15, 0.2) is 0 Å². The highest BCUT2D eigenvalue weighted by Gasteiger charge is 2.29. The second kappa shape index (κ2) is 8.72. The lowest BCUT2D eigenvalue weighted by molar-refractivity contribution is -0.0220. The zero-order valence-electron chi connectivity index (χ0n) is 13.1. The fraction of sp³-hybridized carbons (Fsp3) is 0.714. The third-order valence-corrected chi connectivity index (χ3v) is 3.80. The quantitative estimate of drug-likeness (QED) is 0.758. The summed E-state index contributed by atoms with van der Waals surface area (Å²) in [6.45, 7) is 7.55. The number of carbonyl (C=O) groups is 1. The summed E-state index contributed by atoms with van der Waals surface area (Å²) in [6.07, 6.45) is 1.64. The van der Waals surface area contributed by atoms with Gasteiger partial charge in [-0.1, -0.05) is 18.5 Å². The summed E-state index contributed by atoms with van der Waals surface area (Å²) in [4.78, 5) is 19.3. The smallest absolute Gasteiger partial charge is 0.287 e. The van der Waals surface area contributed by atoms with Gasteiger partial charge in [0.2, 0.25) is 0 Å². The minimum absolute atomic E-state index is 0. The van der Waals surface area contributed by atoms with Crippen LogP contribution in [-0.4, -0.2) is 47.2 Å². The van der Waals surface area contributed by atoms with Crippen molar-refractivity contribution in [3.63, 3.8) is 0 Å². The number of carbonyl (C=O) groups excluding carboxylic acids is 1. The Morgan fingerprint density at radius 2 is 2.27 bits per heavy atom. The minimum atomic E-state index is -0.235. The first-order valence-corrected chi connectivity index (χ1v) is 7.80. The normalized spacial score (nSPS) is 21.5. The van der Waals surface area contributed by atoms with E-state index < -0.39 is 0 Å². The van der Waals surface area contributed by atoms with Gasteiger partial charge >= 0.3 is 0 Å². The van der Waals surface area contributed by atoms with Gasteiger partial charge in [0.1, 0.15) is 0 Å². The Hall–Kier alpha value is -0.820. The SMILES string of the molecule is CCc1[nH]c(C(=O)N[C@@H]2CCNC[C@@H]2OC(C)C)nc1Cl.Cl. The van der Waals surface area contributed by atoms with Crippen LogP contribution in [0.5, 0.6) is 0 Å². The molecule has 0 radical (unpaired) electrons. The maximum absolute atomic E-state index is 12.3. The lowest BCUT2D eigenvalue weighted by Crippen LogP contribution is -2.54. The Balaban J connectivity index is 0.00000242. The van der Waals surface area contributed by atoms with E-state index in [0.717, 1.165) is 25.2 Å². The number of hydrogen-bond donors (Lipinski definition) is 3. The van der Waals surface area contributed by atoms with Gasteiger partial charge in [-0.25, -0.2) is 4.98 Å². The molecule has 8 heteroatoms. The Labute approximate surface area is 142 Å². The molecule has 1 fully saturated rings. The molecule has 2 rings (SSSR count). The highest BCUT2D eigenvalue weighted by Crippen LogP contribution is 2.15. The molecular weight excluding hydrogens is 327 g/mol. The number of ether oxygens (including phenoxy) is 1. The van der Waals surface area contributed by atoms with Gasteiger partial charge in [0.05, 0.1) is 23.9 Å². The van der Waals surface area contributed by atoms with Crippen LogP contribution >= 0.6 is 24.0 Å². The standard InChI is InChI=1S/C14H23ClN4O2.ClH/c1-4-9-12(15)19-13(17-9)14(20)18-10-5-6-16-7-11(10)21-8(2)3;/h8,10-11,16H,4-7H2,1-3H3,(H,17,19)(H,18,20);1H/t10-,11+;/m1./s1. The molecule has 126 valence electrons. The molecule has 6 nitrogen and oxygen atoms in total. The van der Waals surface area contributed by atoms with Gasteiger partial charge in [-0.15, -0.1) is 12.4 Å². The summed E-state index contributed by atoms with van der Waals surface area (Å²) < 4.78 is 5.86. The molecule has 1 saturated heterocycles. The molecule has 1 aliphatic heterocycles. The van der Waals surface area contributed by atoms with E-state index in [1.165, 1.54) is 0 Å². The molecule has 0 bridgehead atoms. The van der Waals surface area contributed by atoms with E-state index in [-0.39, 0.29) is 42.4 Å². The number of nitrogens with one attached hydrogen (secondary N) is 3. The van der Waals surface area contributed by atoms with Gasteiger partial charge in [0, 0.05) is 6.54 Å². The minimum Gasteiger partial charge on any atom is -0.372 e. The van der Waals surface area contributed by atoms with E-state index in [0.29, 0.717) is 11.6 Å². The van der Waals surface area contributed by atoms with Crippen molar-refractivity contribution < 1.29 is 9.53 Å². The van der Waals surface area contributed by atoms with Crippen molar-refractivity contribution in [2.75, 3.05) is 13.1 Å². The highest BCUT2D eigenvalue weighted by molar-refractivity contribution is 6.30. The van der Waals surface area contributed by atoms with Crippen molar-refractivity contribution in [3.05, 3.63) is 16.7 Å². The Morgan fingerprint density at radius 3 is 2.86 bits per heavy atom. The number of rotatable bonds is 5. The van der Waals surface area contributed by atoms with Gasteiger partial charge in [-0.3, -0.25) is 4.79 Å². The number of nitrogens with zero attached hydrogens (tertiary/aromatic N) is 1. The molecule has 1 aromatic heterocycles. The molecule has 0 aromatic carbocycles. The number of halogens is 2. The van der Waals surface area contributed by atoms with E-state index in [4.69, 9.17) is 16.3 Å². The summed E-state index contributed by atoms with van der Waals surface area (Å²) in [5.74, 6) is 0.0273. The fourth-order valence-electron chi connectivity index (χ4n) is 2.45. The van der Waals surface area contributed by atoms with Crippen LogP contribution in [-0.2, 0) is 11.2 Å². The number of aryl methyl sites for hydroxylation is 1. The number of hydrogen-bond acceptors (Lipinski definition) is 4. The van der Waals surface area contributed by atoms with E-state index >= 15 is 0 Å². The third-order valence-electron chi connectivity index (χ3n) is 3.49. The Bertz CT molecular complexity index is 493. The van der Waals surface area contributed by atoms with E-state index in [1.54, 1.807) is 0 Å². The molecule has 2 heterocycles. The number of aromatic amines is 1. The lowest BCUT2D eigenvalue weighted by atomic mass is 10.0. The summed E-state index contributed by atoms with van der Waals surface area (Å²) in [5, 5.41) is 6.65. The molecule has 1 aliphatic rings. The highest BCUT2D eigenvalue weighted by atomic mass is 35.5. The van der Waals surface area contributed by atoms with Gasteiger partial charge in [0.15, 0.2) is 11.0 Å². The average Bonchev–Trinajstić information content (AvgIpc) is 2.81. The number of aromatic nitrogens is 2. The maximum atomic E-state index is 12.3. The van der Waals surface area contributed by atoms with Crippen LogP contribution < -0.4 is 10.6 Å². The number of amides is 1. The second-order valence-electron chi connectivity index (χ2n) is 5.50. The maximum Gasteiger partial charge on any atom is 0.287 e. The monoisotopic (exact) mass is 350 g/mol. The van der Waals surface area contributed by atoms with Crippen molar-refractivity contribution in [1.82, 2.24) is 20.6 Å². The summed E-state index contributed by atoms with van der Waals surface area (Å²) in [5.41, 5.74) is 0.780. The van der Waals surface area contributed by atoms with Gasteiger partial charge in [-0.05, 0) is 33.2 Å². The number of imidazole rings is 1. The van der Waals surface area contributed by atoms with Crippen LogP contribution in [0.1, 0.15) is 43.5 Å². The molecule has 2 atom stereocenters. The lowest BCUT2D eigenvalue weighted by Gasteiger charge is -2.33. The van der Waals surface area contributed by atoms with Gasteiger partial charge in [-0.2, -0.15) is 0 Å². The molecule has 1 amide bonds. The summed E-state index contributed by atoms with van der Waals surface area (Å²) in [6, 6.07) is -0.0184. The van der Waals surface area contributed by atoms with E-state index in [1.807, 2.05) is 20.8 Å². The molecule has 0 saturated carbocycles. The first-order chi connectivity index (χ1) is 10.0.